The van der Waals surface area contributed by atoms with E-state index in [0.717, 1.165) is 58.4 Å². The van der Waals surface area contributed by atoms with Crippen molar-refractivity contribution in [3.05, 3.63) is 6.33 Å². The van der Waals surface area contributed by atoms with Gasteiger partial charge in [0.2, 0.25) is 0 Å². The predicted molar refractivity (Wildman–Crippen MR) is 129 cm³/mol. The van der Waals surface area contributed by atoms with Crippen molar-refractivity contribution in [2.45, 2.75) is 50.5 Å². The molecule has 3 rings (SSSR count). The molecular weight excluding hydrogens is 442 g/mol. The lowest BCUT2D eigenvalue weighted by molar-refractivity contribution is -0.0266. The number of amides is 1. The van der Waals surface area contributed by atoms with Crippen LogP contribution in [0.15, 0.2) is 6.33 Å². The van der Waals surface area contributed by atoms with Crippen molar-refractivity contribution in [1.82, 2.24) is 25.9 Å². The zero-order chi connectivity index (χ0) is 24.2. The standard InChI is InChI=1S/C21H39N9O4/c22-5-3-8-24-6-1-2-7-25-9-4-10-26-21(32)34-15-11-17(33-16(15)12-31)30-14-29-18-19(23)27-13-28-20(18)30/h13,15-17,24-25,29,31H,1-12,14,22H2,(H,26,32)(H2,23,27,28)/t15-,16+,17+/m0/s1. The quantitative estimate of drug-likeness (QED) is 0.154. The number of rotatable bonds is 15. The normalized spacial score (nSPS) is 21.4. The third kappa shape index (κ3) is 7.53. The Labute approximate surface area is 200 Å². The van der Waals surface area contributed by atoms with Crippen LogP contribution in [-0.4, -0.2) is 92.1 Å². The molecule has 9 N–H and O–H groups in total. The summed E-state index contributed by atoms with van der Waals surface area (Å²) in [5, 5.41) is 22.4. The summed E-state index contributed by atoms with van der Waals surface area (Å²) in [5.41, 5.74) is 12.0. The Hall–Kier alpha value is -2.45. The van der Waals surface area contributed by atoms with Crippen molar-refractivity contribution in [3.63, 3.8) is 0 Å². The summed E-state index contributed by atoms with van der Waals surface area (Å²) in [6.45, 7) is 5.19. The van der Waals surface area contributed by atoms with Gasteiger partial charge >= 0.3 is 6.09 Å². The first-order valence-electron chi connectivity index (χ1n) is 12.1. The number of nitrogens with zero attached hydrogens (tertiary/aromatic N) is 3. The van der Waals surface area contributed by atoms with Gasteiger partial charge in [-0.2, -0.15) is 0 Å². The summed E-state index contributed by atoms with van der Waals surface area (Å²) in [5.74, 6) is 0.996. The van der Waals surface area contributed by atoms with E-state index in [9.17, 15) is 9.90 Å². The maximum absolute atomic E-state index is 12.2. The van der Waals surface area contributed by atoms with E-state index >= 15 is 0 Å². The SMILES string of the molecule is NCCCNCCCCNCCCNC(=O)O[C@H]1C[C@H](N2CNc3c(N)ncnc32)O[C@@H]1CO. The van der Waals surface area contributed by atoms with Gasteiger partial charge < -0.3 is 52.2 Å². The molecule has 0 spiro atoms. The molecule has 13 heteroatoms. The zero-order valence-electron chi connectivity index (χ0n) is 19.7. The number of carbonyl (C=O) groups excluding carboxylic acids is 1. The Kier molecular flexibility index (Phi) is 10.8. The Morgan fingerprint density at radius 1 is 1.18 bits per heavy atom. The molecule has 3 atom stereocenters. The Morgan fingerprint density at radius 2 is 1.91 bits per heavy atom. The predicted octanol–water partition coefficient (Wildman–Crippen LogP) is -0.851. The van der Waals surface area contributed by atoms with Gasteiger partial charge in [0, 0.05) is 13.0 Å². The van der Waals surface area contributed by atoms with Gasteiger partial charge in [-0.05, 0) is 58.4 Å². The number of aliphatic hydroxyl groups excluding tert-OH is 1. The van der Waals surface area contributed by atoms with Crippen molar-refractivity contribution in [3.8, 4) is 0 Å². The second-order valence-electron chi connectivity index (χ2n) is 8.38. The van der Waals surface area contributed by atoms with Gasteiger partial charge in [-0.1, -0.05) is 0 Å². The third-order valence-electron chi connectivity index (χ3n) is 5.84. The highest BCUT2D eigenvalue weighted by atomic mass is 16.6. The van der Waals surface area contributed by atoms with Crippen LogP contribution >= 0.6 is 0 Å². The lowest BCUT2D eigenvalue weighted by Crippen LogP contribution is -2.36. The molecule has 2 aliphatic rings. The molecule has 34 heavy (non-hydrogen) atoms. The largest absolute Gasteiger partial charge is 0.443 e. The average Bonchev–Trinajstić information content (AvgIpc) is 3.44. The molecule has 1 fully saturated rings. The molecule has 0 saturated carbocycles. The monoisotopic (exact) mass is 481 g/mol. The van der Waals surface area contributed by atoms with E-state index in [1.54, 1.807) is 0 Å². The molecule has 1 aromatic rings. The summed E-state index contributed by atoms with van der Waals surface area (Å²) in [7, 11) is 0. The van der Waals surface area contributed by atoms with Crippen LogP contribution in [0.5, 0.6) is 0 Å². The van der Waals surface area contributed by atoms with E-state index in [4.69, 9.17) is 20.9 Å². The van der Waals surface area contributed by atoms with Gasteiger partial charge in [-0.15, -0.1) is 0 Å². The second-order valence-corrected chi connectivity index (χ2v) is 8.38. The van der Waals surface area contributed by atoms with Crippen LogP contribution < -0.4 is 37.6 Å². The molecular formula is C21H39N9O4. The molecule has 0 aliphatic carbocycles. The highest BCUT2D eigenvalue weighted by Gasteiger charge is 2.42. The molecule has 0 radical (unpaired) electrons. The number of nitrogens with one attached hydrogen (secondary N) is 4. The van der Waals surface area contributed by atoms with Gasteiger partial charge in [0.15, 0.2) is 11.6 Å². The number of hydrogen-bond donors (Lipinski definition) is 7. The Bertz CT molecular complexity index is 757. The summed E-state index contributed by atoms with van der Waals surface area (Å²) in [6, 6.07) is 0. The maximum atomic E-state index is 12.2. The number of carbonyl (C=O) groups is 1. The summed E-state index contributed by atoms with van der Waals surface area (Å²) in [4.78, 5) is 22.4. The number of fused-ring (bicyclic) bond motifs is 1. The van der Waals surface area contributed by atoms with Crippen LogP contribution in [0.4, 0.5) is 22.1 Å². The highest BCUT2D eigenvalue weighted by molar-refractivity contribution is 5.80. The van der Waals surface area contributed by atoms with Crippen molar-refractivity contribution < 1.29 is 19.4 Å². The van der Waals surface area contributed by atoms with Crippen molar-refractivity contribution in [2.75, 3.05) is 68.5 Å². The van der Waals surface area contributed by atoms with Crippen LogP contribution in [0.1, 0.15) is 32.1 Å². The molecule has 1 saturated heterocycles. The molecule has 3 heterocycles. The molecule has 1 aromatic heterocycles. The van der Waals surface area contributed by atoms with Gasteiger partial charge in [-0.3, -0.25) is 0 Å². The number of alkyl carbamates (subject to hydrolysis) is 1. The third-order valence-corrected chi connectivity index (χ3v) is 5.84. The minimum atomic E-state index is -0.606. The van der Waals surface area contributed by atoms with E-state index < -0.39 is 24.5 Å². The first kappa shape index (κ1) is 26.2. The maximum Gasteiger partial charge on any atom is 0.407 e. The number of aliphatic hydroxyl groups is 1. The van der Waals surface area contributed by atoms with E-state index in [1.807, 2.05) is 4.90 Å². The number of unbranched alkanes of at least 4 members (excludes halogenated alkanes) is 1. The number of hydrogen-bond acceptors (Lipinski definition) is 12. The number of nitrogen functional groups attached to an aromatic ring is 1. The molecule has 2 aliphatic heterocycles. The molecule has 0 unspecified atom stereocenters. The fraction of sp³-hybridized carbons (Fsp3) is 0.762. The first-order chi connectivity index (χ1) is 16.6. The fourth-order valence-corrected chi connectivity index (χ4v) is 3.99. The van der Waals surface area contributed by atoms with Gasteiger partial charge in [0.25, 0.3) is 0 Å². The fourth-order valence-electron chi connectivity index (χ4n) is 3.99. The van der Waals surface area contributed by atoms with Crippen LogP contribution in [0.2, 0.25) is 0 Å². The molecule has 13 nitrogen and oxygen atoms in total. The van der Waals surface area contributed by atoms with E-state index in [2.05, 4.69) is 31.2 Å². The lowest BCUT2D eigenvalue weighted by atomic mass is 10.2. The van der Waals surface area contributed by atoms with Crippen LogP contribution in [-0.2, 0) is 9.47 Å². The van der Waals surface area contributed by atoms with Crippen molar-refractivity contribution >= 4 is 23.4 Å². The summed E-state index contributed by atoms with van der Waals surface area (Å²) in [6.07, 6.45) is 3.76. The summed E-state index contributed by atoms with van der Waals surface area (Å²) >= 11 is 0. The topological polar surface area (TPSA) is 185 Å². The van der Waals surface area contributed by atoms with Crippen molar-refractivity contribution in [1.29, 1.82) is 0 Å². The van der Waals surface area contributed by atoms with Gasteiger partial charge in [-0.25, -0.2) is 14.8 Å². The highest BCUT2D eigenvalue weighted by Crippen LogP contribution is 2.37. The molecule has 0 aromatic carbocycles. The molecule has 1 amide bonds. The number of aromatic nitrogens is 2. The second kappa shape index (κ2) is 14.1. The van der Waals surface area contributed by atoms with E-state index in [0.29, 0.717) is 37.0 Å². The van der Waals surface area contributed by atoms with E-state index in [1.165, 1.54) is 6.33 Å². The molecule has 192 valence electrons. The number of nitrogens with two attached hydrogens (primary N) is 2. The minimum Gasteiger partial charge on any atom is -0.443 e. The smallest absolute Gasteiger partial charge is 0.407 e. The van der Waals surface area contributed by atoms with Gasteiger partial charge in [0.1, 0.15) is 30.5 Å². The Morgan fingerprint density at radius 3 is 2.65 bits per heavy atom. The number of anilines is 3. The van der Waals surface area contributed by atoms with E-state index in [-0.39, 0.29) is 6.61 Å². The average molecular weight is 482 g/mol. The minimum absolute atomic E-state index is 0.249. The van der Waals surface area contributed by atoms with Crippen LogP contribution in [0.3, 0.4) is 0 Å². The van der Waals surface area contributed by atoms with Crippen LogP contribution in [0, 0.1) is 0 Å². The lowest BCUT2D eigenvalue weighted by Gasteiger charge is -2.24. The summed E-state index contributed by atoms with van der Waals surface area (Å²) < 4.78 is 11.5. The molecule has 0 bridgehead atoms. The zero-order valence-corrected chi connectivity index (χ0v) is 19.7. The Balaban J connectivity index is 1.28. The van der Waals surface area contributed by atoms with Crippen molar-refractivity contribution in [2.24, 2.45) is 5.73 Å². The number of ether oxygens (including phenoxy) is 2. The first-order valence-corrected chi connectivity index (χ1v) is 12.1. The van der Waals surface area contributed by atoms with Gasteiger partial charge in [0.05, 0.1) is 13.3 Å². The van der Waals surface area contributed by atoms with Crippen LogP contribution in [0.25, 0.3) is 0 Å².